The number of hydrogen-bond acceptors (Lipinski definition) is 6. The van der Waals surface area contributed by atoms with Gasteiger partial charge in [0.1, 0.15) is 5.65 Å². The number of fused-ring (bicyclic) bond motifs is 1. The van der Waals surface area contributed by atoms with Crippen LogP contribution < -0.4 is 16.0 Å². The summed E-state index contributed by atoms with van der Waals surface area (Å²) in [5.74, 6) is 5.50. The standard InChI is InChI=1S/C12H13N5O2S2/c13-16-11-12(17-6-2-1-5-10(17)15-11)21(18,19)14-8-9-4-3-7-20-9/h1-7,14,16H,8,13H2. The summed E-state index contributed by atoms with van der Waals surface area (Å²) in [6.07, 6.45) is 1.63. The highest BCUT2D eigenvalue weighted by molar-refractivity contribution is 7.89. The Morgan fingerprint density at radius 2 is 2.14 bits per heavy atom. The van der Waals surface area contributed by atoms with E-state index in [-0.39, 0.29) is 17.4 Å². The van der Waals surface area contributed by atoms with Gasteiger partial charge in [-0.1, -0.05) is 12.1 Å². The Kier molecular flexibility index (Phi) is 3.64. The summed E-state index contributed by atoms with van der Waals surface area (Å²) in [6.45, 7) is 0.226. The molecule has 0 amide bonds. The number of thiophene rings is 1. The van der Waals surface area contributed by atoms with Crippen LogP contribution >= 0.6 is 11.3 Å². The van der Waals surface area contributed by atoms with E-state index in [1.54, 1.807) is 24.4 Å². The van der Waals surface area contributed by atoms with Gasteiger partial charge in [-0.3, -0.25) is 4.40 Å². The number of rotatable bonds is 5. The number of nitrogens with zero attached hydrogens (tertiary/aromatic N) is 2. The molecule has 0 radical (unpaired) electrons. The van der Waals surface area contributed by atoms with Crippen molar-refractivity contribution in [3.63, 3.8) is 0 Å². The van der Waals surface area contributed by atoms with Crippen LogP contribution in [0.25, 0.3) is 5.65 Å². The fourth-order valence-corrected chi connectivity index (χ4v) is 3.96. The molecule has 3 aromatic heterocycles. The normalized spacial score (nSPS) is 11.9. The lowest BCUT2D eigenvalue weighted by molar-refractivity contribution is 0.577. The van der Waals surface area contributed by atoms with E-state index < -0.39 is 10.0 Å². The van der Waals surface area contributed by atoms with Crippen LogP contribution in [0.5, 0.6) is 0 Å². The molecule has 0 saturated carbocycles. The van der Waals surface area contributed by atoms with Crippen LogP contribution in [-0.4, -0.2) is 17.8 Å². The number of anilines is 1. The van der Waals surface area contributed by atoms with E-state index >= 15 is 0 Å². The maximum absolute atomic E-state index is 12.5. The number of nitrogen functional groups attached to an aromatic ring is 1. The molecular formula is C12H13N5O2S2. The lowest BCUT2D eigenvalue weighted by atomic mass is 10.5. The fraction of sp³-hybridized carbons (Fsp3) is 0.0833. The average Bonchev–Trinajstić information content (AvgIpc) is 3.12. The van der Waals surface area contributed by atoms with Gasteiger partial charge in [0.05, 0.1) is 0 Å². The summed E-state index contributed by atoms with van der Waals surface area (Å²) in [5.41, 5.74) is 2.84. The van der Waals surface area contributed by atoms with Crippen molar-refractivity contribution >= 4 is 32.8 Å². The van der Waals surface area contributed by atoms with Gasteiger partial charge in [0, 0.05) is 17.6 Å². The van der Waals surface area contributed by atoms with Crippen LogP contribution in [0.4, 0.5) is 5.82 Å². The SMILES string of the molecule is NNc1nc2ccccn2c1S(=O)(=O)NCc1cccs1. The van der Waals surface area contributed by atoms with Crippen molar-refractivity contribution in [1.82, 2.24) is 14.1 Å². The first-order valence-corrected chi connectivity index (χ1v) is 8.44. The third-order valence-electron chi connectivity index (χ3n) is 2.89. The zero-order valence-electron chi connectivity index (χ0n) is 10.9. The molecule has 0 saturated heterocycles. The van der Waals surface area contributed by atoms with Crippen LogP contribution in [0.2, 0.25) is 0 Å². The van der Waals surface area contributed by atoms with Gasteiger partial charge in [0.25, 0.3) is 10.0 Å². The molecule has 110 valence electrons. The molecule has 0 bridgehead atoms. The monoisotopic (exact) mass is 323 g/mol. The third-order valence-corrected chi connectivity index (χ3v) is 5.19. The molecule has 4 N–H and O–H groups in total. The number of nitrogens with one attached hydrogen (secondary N) is 2. The molecule has 3 aromatic rings. The Labute approximate surface area is 125 Å². The van der Waals surface area contributed by atoms with Crippen molar-refractivity contribution < 1.29 is 8.42 Å². The summed E-state index contributed by atoms with van der Waals surface area (Å²) < 4.78 is 29.1. The summed E-state index contributed by atoms with van der Waals surface area (Å²) in [5, 5.41) is 1.89. The quantitative estimate of drug-likeness (QED) is 0.483. The number of sulfonamides is 1. The second kappa shape index (κ2) is 5.45. The van der Waals surface area contributed by atoms with E-state index in [9.17, 15) is 8.42 Å². The van der Waals surface area contributed by atoms with Crippen molar-refractivity contribution in [3.05, 3.63) is 46.8 Å². The van der Waals surface area contributed by atoms with Crippen LogP contribution in [0, 0.1) is 0 Å². The molecular weight excluding hydrogens is 310 g/mol. The van der Waals surface area contributed by atoms with Crippen molar-refractivity contribution in [2.75, 3.05) is 5.43 Å². The molecule has 0 unspecified atom stereocenters. The molecule has 3 heterocycles. The first kappa shape index (κ1) is 14.0. The van der Waals surface area contributed by atoms with Crippen LogP contribution in [0.1, 0.15) is 4.88 Å². The van der Waals surface area contributed by atoms with E-state index in [1.165, 1.54) is 15.7 Å². The number of imidazole rings is 1. The van der Waals surface area contributed by atoms with Crippen molar-refractivity contribution in [3.8, 4) is 0 Å². The first-order chi connectivity index (χ1) is 10.1. The van der Waals surface area contributed by atoms with Gasteiger partial charge in [-0.05, 0) is 23.6 Å². The van der Waals surface area contributed by atoms with E-state index in [2.05, 4.69) is 15.1 Å². The second-order valence-corrected chi connectivity index (χ2v) is 6.96. The summed E-state index contributed by atoms with van der Waals surface area (Å²) in [4.78, 5) is 5.08. The maximum Gasteiger partial charge on any atom is 0.260 e. The van der Waals surface area contributed by atoms with Gasteiger partial charge in [-0.15, -0.1) is 11.3 Å². The minimum atomic E-state index is -3.75. The number of aromatic nitrogens is 2. The molecule has 0 atom stereocenters. The molecule has 3 rings (SSSR count). The maximum atomic E-state index is 12.5. The topological polar surface area (TPSA) is 102 Å². The van der Waals surface area contributed by atoms with Crippen molar-refractivity contribution in [1.29, 1.82) is 0 Å². The molecule has 0 fully saturated rings. The Bertz CT molecular complexity index is 855. The zero-order valence-corrected chi connectivity index (χ0v) is 12.5. The zero-order chi connectivity index (χ0) is 14.9. The third kappa shape index (κ3) is 2.63. The molecule has 9 heteroatoms. The van der Waals surface area contributed by atoms with Gasteiger partial charge in [-0.25, -0.2) is 24.0 Å². The average molecular weight is 323 g/mol. The Balaban J connectivity index is 2.01. The van der Waals surface area contributed by atoms with Gasteiger partial charge in [0.2, 0.25) is 0 Å². The summed E-state index contributed by atoms with van der Waals surface area (Å²) in [7, 11) is -3.75. The molecule has 7 nitrogen and oxygen atoms in total. The number of hydrogen-bond donors (Lipinski definition) is 3. The van der Waals surface area contributed by atoms with E-state index in [4.69, 9.17) is 5.84 Å². The van der Waals surface area contributed by atoms with Crippen LogP contribution in [0.15, 0.2) is 46.9 Å². The minimum absolute atomic E-state index is 0.00263. The molecule has 0 aliphatic carbocycles. The van der Waals surface area contributed by atoms with Gasteiger partial charge < -0.3 is 5.43 Å². The summed E-state index contributed by atoms with van der Waals surface area (Å²) in [6, 6.07) is 8.95. The predicted octanol–water partition coefficient (Wildman–Crippen LogP) is 1.16. The summed E-state index contributed by atoms with van der Waals surface area (Å²) >= 11 is 1.48. The fourth-order valence-electron chi connectivity index (χ4n) is 1.97. The van der Waals surface area contributed by atoms with Crippen molar-refractivity contribution in [2.24, 2.45) is 5.84 Å². The lowest BCUT2D eigenvalue weighted by Gasteiger charge is -2.07. The molecule has 0 spiro atoms. The Morgan fingerprint density at radius 3 is 2.86 bits per heavy atom. The lowest BCUT2D eigenvalue weighted by Crippen LogP contribution is -2.25. The van der Waals surface area contributed by atoms with Gasteiger partial charge in [-0.2, -0.15) is 0 Å². The molecule has 21 heavy (non-hydrogen) atoms. The van der Waals surface area contributed by atoms with E-state index in [0.29, 0.717) is 5.65 Å². The van der Waals surface area contributed by atoms with E-state index in [1.807, 2.05) is 17.5 Å². The Morgan fingerprint density at radius 1 is 1.29 bits per heavy atom. The largest absolute Gasteiger partial charge is 0.306 e. The highest BCUT2D eigenvalue weighted by Crippen LogP contribution is 2.22. The molecule has 0 aromatic carbocycles. The Hall–Kier alpha value is -1.94. The first-order valence-electron chi connectivity index (χ1n) is 6.07. The van der Waals surface area contributed by atoms with Gasteiger partial charge >= 0.3 is 0 Å². The highest BCUT2D eigenvalue weighted by Gasteiger charge is 2.24. The number of nitrogens with two attached hydrogens (primary N) is 1. The predicted molar refractivity (Wildman–Crippen MR) is 81.3 cm³/mol. The minimum Gasteiger partial charge on any atom is -0.306 e. The van der Waals surface area contributed by atoms with Crippen molar-refractivity contribution in [2.45, 2.75) is 11.6 Å². The van der Waals surface area contributed by atoms with E-state index in [0.717, 1.165) is 4.88 Å². The number of pyridine rings is 1. The van der Waals surface area contributed by atoms with Gasteiger partial charge in [0.15, 0.2) is 10.8 Å². The van der Waals surface area contributed by atoms with Crippen LogP contribution in [0.3, 0.4) is 0 Å². The molecule has 0 aliphatic heterocycles. The second-order valence-electron chi connectivity index (χ2n) is 4.24. The highest BCUT2D eigenvalue weighted by atomic mass is 32.2. The smallest absolute Gasteiger partial charge is 0.260 e. The molecule has 0 aliphatic rings. The van der Waals surface area contributed by atoms with Crippen LogP contribution in [-0.2, 0) is 16.6 Å². The number of hydrazine groups is 1.